The number of ether oxygens (including phenoxy) is 1. The van der Waals surface area contributed by atoms with E-state index in [1.807, 2.05) is 11.0 Å². The predicted octanol–water partition coefficient (Wildman–Crippen LogP) is 1.97. The molecule has 0 aliphatic carbocycles. The monoisotopic (exact) mass is 318 g/mol. The van der Waals surface area contributed by atoms with Crippen LogP contribution >= 0.6 is 0 Å². The highest BCUT2D eigenvalue weighted by molar-refractivity contribution is 5.86. The highest BCUT2D eigenvalue weighted by Crippen LogP contribution is 2.24. The number of hydrogen-bond acceptors (Lipinski definition) is 5. The number of nitrogens with one attached hydrogen (secondary N) is 1. The normalized spacial score (nSPS) is 23.3. The van der Waals surface area contributed by atoms with Gasteiger partial charge in [-0.2, -0.15) is 0 Å². The Kier molecular flexibility index (Phi) is 4.53. The number of amides is 1. The number of likely N-dealkylation sites (tertiary alicyclic amines) is 1. The molecule has 126 valence electrons. The van der Waals surface area contributed by atoms with Crippen molar-refractivity contribution in [2.24, 2.45) is 0 Å². The van der Waals surface area contributed by atoms with Gasteiger partial charge in [0.1, 0.15) is 17.7 Å². The molecule has 6 nitrogen and oxygen atoms in total. The summed E-state index contributed by atoms with van der Waals surface area (Å²) in [5, 5.41) is 3.30. The number of anilines is 1. The maximum absolute atomic E-state index is 12.7. The molecule has 1 N–H and O–H groups in total. The molecule has 2 saturated heterocycles. The lowest BCUT2D eigenvalue weighted by Gasteiger charge is -2.31. The van der Waals surface area contributed by atoms with Crippen molar-refractivity contribution in [3.05, 3.63) is 18.1 Å². The van der Waals surface area contributed by atoms with Crippen LogP contribution in [0.15, 0.2) is 12.3 Å². The Hall–Kier alpha value is -1.69. The molecule has 23 heavy (non-hydrogen) atoms. The van der Waals surface area contributed by atoms with E-state index < -0.39 is 0 Å². The van der Waals surface area contributed by atoms with E-state index >= 15 is 0 Å². The van der Waals surface area contributed by atoms with E-state index in [2.05, 4.69) is 36.1 Å². The predicted molar refractivity (Wildman–Crippen MR) is 88.3 cm³/mol. The molecule has 1 unspecified atom stereocenters. The molecule has 1 aromatic heterocycles. The molecule has 2 fully saturated rings. The average Bonchev–Trinajstić information content (AvgIpc) is 2.89. The zero-order valence-electron chi connectivity index (χ0n) is 14.2. The zero-order valence-corrected chi connectivity index (χ0v) is 14.2. The van der Waals surface area contributed by atoms with Gasteiger partial charge in [0.25, 0.3) is 0 Å². The van der Waals surface area contributed by atoms with Gasteiger partial charge in [-0.1, -0.05) is 20.8 Å². The molecule has 3 heterocycles. The van der Waals surface area contributed by atoms with E-state index in [0.717, 1.165) is 50.7 Å². The second kappa shape index (κ2) is 6.43. The van der Waals surface area contributed by atoms with Crippen molar-refractivity contribution < 1.29 is 9.53 Å². The van der Waals surface area contributed by atoms with Gasteiger partial charge in [0.15, 0.2) is 0 Å². The molecule has 3 rings (SSSR count). The van der Waals surface area contributed by atoms with Gasteiger partial charge in [0, 0.05) is 37.4 Å². The topological polar surface area (TPSA) is 67.3 Å². The van der Waals surface area contributed by atoms with Crippen LogP contribution in [0.1, 0.15) is 45.9 Å². The van der Waals surface area contributed by atoms with Crippen LogP contribution in [0.3, 0.4) is 0 Å². The molecule has 0 saturated carbocycles. The minimum absolute atomic E-state index is 0.106. The van der Waals surface area contributed by atoms with E-state index in [0.29, 0.717) is 6.04 Å². The number of aromatic nitrogens is 2. The summed E-state index contributed by atoms with van der Waals surface area (Å²) in [7, 11) is 0. The van der Waals surface area contributed by atoms with Crippen molar-refractivity contribution >= 4 is 11.7 Å². The zero-order chi connectivity index (χ0) is 16.4. The van der Waals surface area contributed by atoms with Crippen LogP contribution in [0.5, 0.6) is 0 Å². The number of rotatable bonds is 3. The van der Waals surface area contributed by atoms with Gasteiger partial charge in [-0.05, 0) is 25.3 Å². The average molecular weight is 318 g/mol. The SMILES string of the molecule is CC(C)(C)c1nccc(NC2CCN(C3CCOCC3)C2=O)n1. The first-order valence-corrected chi connectivity index (χ1v) is 8.43. The summed E-state index contributed by atoms with van der Waals surface area (Å²) < 4.78 is 5.39. The van der Waals surface area contributed by atoms with E-state index in [1.165, 1.54) is 0 Å². The van der Waals surface area contributed by atoms with Gasteiger partial charge < -0.3 is 15.0 Å². The van der Waals surface area contributed by atoms with Crippen LogP contribution in [0.2, 0.25) is 0 Å². The van der Waals surface area contributed by atoms with Crippen LogP contribution in [-0.4, -0.2) is 52.6 Å². The fourth-order valence-electron chi connectivity index (χ4n) is 3.17. The van der Waals surface area contributed by atoms with Crippen molar-refractivity contribution in [3.63, 3.8) is 0 Å². The first kappa shape index (κ1) is 16.2. The van der Waals surface area contributed by atoms with Gasteiger partial charge in [0.2, 0.25) is 5.91 Å². The quantitative estimate of drug-likeness (QED) is 0.923. The lowest BCUT2D eigenvalue weighted by Crippen LogP contribution is -2.43. The molecule has 0 aromatic carbocycles. The number of hydrogen-bond donors (Lipinski definition) is 1. The summed E-state index contributed by atoms with van der Waals surface area (Å²) >= 11 is 0. The second-order valence-corrected chi connectivity index (χ2v) is 7.38. The molecule has 6 heteroatoms. The van der Waals surface area contributed by atoms with Gasteiger partial charge in [-0.15, -0.1) is 0 Å². The number of carbonyl (C=O) groups excluding carboxylic acids is 1. The third-order valence-corrected chi connectivity index (χ3v) is 4.52. The number of nitrogens with zero attached hydrogens (tertiary/aromatic N) is 3. The van der Waals surface area contributed by atoms with Crippen LogP contribution in [0, 0.1) is 0 Å². The molecule has 1 aromatic rings. The van der Waals surface area contributed by atoms with E-state index in [4.69, 9.17) is 4.74 Å². The minimum atomic E-state index is -0.180. The number of carbonyl (C=O) groups is 1. The summed E-state index contributed by atoms with van der Waals surface area (Å²) in [6.45, 7) is 8.58. The van der Waals surface area contributed by atoms with Crippen LogP contribution in [0.4, 0.5) is 5.82 Å². The summed E-state index contributed by atoms with van der Waals surface area (Å²) in [5.41, 5.74) is -0.106. The lowest BCUT2D eigenvalue weighted by atomic mass is 9.96. The maximum Gasteiger partial charge on any atom is 0.245 e. The smallest absolute Gasteiger partial charge is 0.245 e. The Labute approximate surface area is 137 Å². The summed E-state index contributed by atoms with van der Waals surface area (Å²) in [4.78, 5) is 23.6. The Morgan fingerprint density at radius 1 is 1.26 bits per heavy atom. The first-order chi connectivity index (χ1) is 10.9. The largest absolute Gasteiger partial charge is 0.381 e. The standard InChI is InChI=1S/C17H26N4O2/c1-17(2,3)16-18-8-4-14(20-16)19-13-5-9-21(15(13)22)12-6-10-23-11-7-12/h4,8,12-13H,5-7,9-11H2,1-3H3,(H,18,19,20). The van der Waals surface area contributed by atoms with Crippen LogP contribution in [0.25, 0.3) is 0 Å². The van der Waals surface area contributed by atoms with Gasteiger partial charge in [-0.3, -0.25) is 4.79 Å². The molecule has 0 bridgehead atoms. The van der Waals surface area contributed by atoms with Crippen molar-refractivity contribution in [2.45, 2.75) is 57.5 Å². The van der Waals surface area contributed by atoms with Gasteiger partial charge >= 0.3 is 0 Å². The van der Waals surface area contributed by atoms with Crippen LogP contribution < -0.4 is 5.32 Å². The van der Waals surface area contributed by atoms with E-state index in [-0.39, 0.29) is 17.4 Å². The Bertz CT molecular complexity index is 564. The molecule has 1 amide bonds. The highest BCUT2D eigenvalue weighted by atomic mass is 16.5. The second-order valence-electron chi connectivity index (χ2n) is 7.38. The summed E-state index contributed by atoms with van der Waals surface area (Å²) in [6.07, 6.45) is 4.47. The fraction of sp³-hybridized carbons (Fsp3) is 0.706. The van der Waals surface area contributed by atoms with Crippen molar-refractivity contribution in [1.29, 1.82) is 0 Å². The lowest BCUT2D eigenvalue weighted by molar-refractivity contribution is -0.131. The van der Waals surface area contributed by atoms with Gasteiger partial charge in [0.05, 0.1) is 0 Å². The highest BCUT2D eigenvalue weighted by Gasteiger charge is 2.36. The third kappa shape index (κ3) is 3.63. The molecule has 1 atom stereocenters. The molecule has 2 aliphatic heterocycles. The third-order valence-electron chi connectivity index (χ3n) is 4.52. The van der Waals surface area contributed by atoms with Crippen molar-refractivity contribution in [3.8, 4) is 0 Å². The molecular formula is C17H26N4O2. The molecule has 2 aliphatic rings. The summed E-state index contributed by atoms with van der Waals surface area (Å²) in [5.74, 6) is 1.71. The Morgan fingerprint density at radius 2 is 2.00 bits per heavy atom. The minimum Gasteiger partial charge on any atom is -0.381 e. The summed E-state index contributed by atoms with van der Waals surface area (Å²) in [6, 6.07) is 1.98. The Balaban J connectivity index is 1.66. The Morgan fingerprint density at radius 3 is 2.70 bits per heavy atom. The maximum atomic E-state index is 12.7. The fourth-order valence-corrected chi connectivity index (χ4v) is 3.17. The van der Waals surface area contributed by atoms with Crippen molar-refractivity contribution in [1.82, 2.24) is 14.9 Å². The van der Waals surface area contributed by atoms with E-state index in [1.54, 1.807) is 6.20 Å². The molecule has 0 radical (unpaired) electrons. The van der Waals surface area contributed by atoms with Crippen LogP contribution in [-0.2, 0) is 14.9 Å². The first-order valence-electron chi connectivity index (χ1n) is 8.43. The van der Waals surface area contributed by atoms with Gasteiger partial charge in [-0.25, -0.2) is 9.97 Å². The van der Waals surface area contributed by atoms with Crippen molar-refractivity contribution in [2.75, 3.05) is 25.1 Å². The van der Waals surface area contributed by atoms with E-state index in [9.17, 15) is 4.79 Å². The molecular weight excluding hydrogens is 292 g/mol. The molecule has 0 spiro atoms.